The van der Waals surface area contributed by atoms with Gasteiger partial charge in [-0.15, -0.1) is 0 Å². The number of nitrogens with two attached hydrogens (primary N) is 1. The van der Waals surface area contributed by atoms with Crippen molar-refractivity contribution >= 4 is 11.6 Å². The summed E-state index contributed by atoms with van der Waals surface area (Å²) in [6, 6.07) is 16.1. The number of carbonyl (C=O) groups is 1. The zero-order chi connectivity index (χ0) is 16.4. The number of rotatable bonds is 4. The highest BCUT2D eigenvalue weighted by Gasteiger charge is 2.33. The van der Waals surface area contributed by atoms with E-state index in [9.17, 15) is 4.79 Å². The number of nitrogens with zero attached hydrogens (tertiary/aromatic N) is 1. The van der Waals surface area contributed by atoms with Crippen LogP contribution >= 0.6 is 0 Å². The van der Waals surface area contributed by atoms with E-state index >= 15 is 0 Å². The van der Waals surface area contributed by atoms with Crippen molar-refractivity contribution in [2.45, 2.75) is 19.9 Å². The van der Waals surface area contributed by atoms with Crippen LogP contribution in [-0.2, 0) is 4.79 Å². The van der Waals surface area contributed by atoms with Crippen LogP contribution < -0.4 is 15.4 Å². The zero-order valence-corrected chi connectivity index (χ0v) is 13.5. The van der Waals surface area contributed by atoms with Crippen molar-refractivity contribution in [2.24, 2.45) is 11.7 Å². The van der Waals surface area contributed by atoms with Crippen LogP contribution in [0.25, 0.3) is 0 Å². The predicted octanol–water partition coefficient (Wildman–Crippen LogP) is 3.06. The number of ether oxygens (including phenoxy) is 1. The molecule has 0 aromatic heterocycles. The second-order valence-electron chi connectivity index (χ2n) is 6.06. The maximum atomic E-state index is 11.9. The van der Waals surface area contributed by atoms with Crippen molar-refractivity contribution in [1.82, 2.24) is 0 Å². The molecule has 1 aliphatic heterocycles. The molecule has 0 aliphatic carbocycles. The molecule has 0 radical (unpaired) electrons. The fourth-order valence-corrected chi connectivity index (χ4v) is 3.18. The van der Waals surface area contributed by atoms with E-state index in [1.54, 1.807) is 0 Å². The van der Waals surface area contributed by atoms with Crippen LogP contribution in [0.2, 0.25) is 0 Å². The molecule has 2 atom stereocenters. The number of carbonyl (C=O) groups excluding carboxylic acids is 1. The van der Waals surface area contributed by atoms with Gasteiger partial charge in [0.1, 0.15) is 12.4 Å². The highest BCUT2D eigenvalue weighted by molar-refractivity contribution is 5.78. The van der Waals surface area contributed by atoms with Crippen molar-refractivity contribution in [3.8, 4) is 5.75 Å². The number of primary amides is 1. The number of amides is 1. The molecule has 1 heterocycles. The Kier molecular flexibility index (Phi) is 4.24. The SMILES string of the molecule is Cc1ccc2c(c1)N(C(c1ccccc1)C(C)C(N)=O)CCO2. The molecule has 120 valence electrons. The van der Waals surface area contributed by atoms with Crippen molar-refractivity contribution in [3.05, 3.63) is 59.7 Å². The first-order valence-electron chi connectivity index (χ1n) is 7.92. The van der Waals surface area contributed by atoms with Gasteiger partial charge < -0.3 is 15.4 Å². The van der Waals surface area contributed by atoms with Crippen LogP contribution in [-0.4, -0.2) is 19.1 Å². The van der Waals surface area contributed by atoms with Gasteiger partial charge in [0.15, 0.2) is 0 Å². The Bertz CT molecular complexity index is 700. The van der Waals surface area contributed by atoms with Gasteiger partial charge in [-0.05, 0) is 30.2 Å². The maximum Gasteiger partial charge on any atom is 0.222 e. The van der Waals surface area contributed by atoms with E-state index in [-0.39, 0.29) is 17.9 Å². The van der Waals surface area contributed by atoms with E-state index in [0.29, 0.717) is 6.61 Å². The van der Waals surface area contributed by atoms with Gasteiger partial charge >= 0.3 is 0 Å². The van der Waals surface area contributed by atoms with Crippen LogP contribution in [0.3, 0.4) is 0 Å². The van der Waals surface area contributed by atoms with E-state index in [0.717, 1.165) is 29.1 Å². The molecule has 0 saturated heterocycles. The molecule has 2 N–H and O–H groups in total. The standard InChI is InChI=1S/C19H22N2O2/c1-13-8-9-17-16(12-13)21(10-11-23-17)18(14(2)19(20)22)15-6-4-3-5-7-15/h3-9,12,14,18H,10-11H2,1-2H3,(H2,20,22). The van der Waals surface area contributed by atoms with Crippen LogP contribution in [0, 0.1) is 12.8 Å². The minimum absolute atomic E-state index is 0.0989. The van der Waals surface area contributed by atoms with Crippen molar-refractivity contribution < 1.29 is 9.53 Å². The van der Waals surface area contributed by atoms with Gasteiger partial charge in [-0.3, -0.25) is 4.79 Å². The van der Waals surface area contributed by atoms with E-state index < -0.39 is 0 Å². The fraction of sp³-hybridized carbons (Fsp3) is 0.316. The molecule has 1 amide bonds. The molecule has 0 spiro atoms. The summed E-state index contributed by atoms with van der Waals surface area (Å²) < 4.78 is 5.78. The Morgan fingerprint density at radius 1 is 1.22 bits per heavy atom. The Balaban J connectivity index is 2.08. The fourth-order valence-electron chi connectivity index (χ4n) is 3.18. The quantitative estimate of drug-likeness (QED) is 0.944. The Morgan fingerprint density at radius 2 is 1.96 bits per heavy atom. The number of hydrogen-bond acceptors (Lipinski definition) is 3. The van der Waals surface area contributed by atoms with E-state index in [4.69, 9.17) is 10.5 Å². The third-order valence-electron chi connectivity index (χ3n) is 4.41. The van der Waals surface area contributed by atoms with Gasteiger partial charge in [-0.1, -0.05) is 43.3 Å². The molecule has 0 saturated carbocycles. The third-order valence-corrected chi connectivity index (χ3v) is 4.41. The van der Waals surface area contributed by atoms with E-state index in [2.05, 4.69) is 30.0 Å². The summed E-state index contributed by atoms with van der Waals surface area (Å²) in [5, 5.41) is 0. The largest absolute Gasteiger partial charge is 0.490 e. The second-order valence-corrected chi connectivity index (χ2v) is 6.06. The van der Waals surface area contributed by atoms with Crippen molar-refractivity contribution in [1.29, 1.82) is 0 Å². The Morgan fingerprint density at radius 3 is 2.65 bits per heavy atom. The topological polar surface area (TPSA) is 55.6 Å². The smallest absolute Gasteiger partial charge is 0.222 e. The normalized spacial score (nSPS) is 16.2. The summed E-state index contributed by atoms with van der Waals surface area (Å²) >= 11 is 0. The van der Waals surface area contributed by atoms with Crippen LogP contribution in [0.1, 0.15) is 24.1 Å². The highest BCUT2D eigenvalue weighted by atomic mass is 16.5. The Labute approximate surface area is 136 Å². The molecule has 2 unspecified atom stereocenters. The van der Waals surface area contributed by atoms with Gasteiger partial charge in [-0.25, -0.2) is 0 Å². The average molecular weight is 310 g/mol. The molecular formula is C19H22N2O2. The maximum absolute atomic E-state index is 11.9. The van der Waals surface area contributed by atoms with Gasteiger partial charge in [0.25, 0.3) is 0 Å². The molecule has 1 aliphatic rings. The van der Waals surface area contributed by atoms with Crippen LogP contribution in [0.4, 0.5) is 5.69 Å². The van der Waals surface area contributed by atoms with Crippen molar-refractivity contribution in [2.75, 3.05) is 18.1 Å². The van der Waals surface area contributed by atoms with E-state index in [1.807, 2.05) is 37.3 Å². The summed E-state index contributed by atoms with van der Waals surface area (Å²) in [5.41, 5.74) is 8.92. The summed E-state index contributed by atoms with van der Waals surface area (Å²) in [4.78, 5) is 14.1. The van der Waals surface area contributed by atoms with Crippen molar-refractivity contribution in [3.63, 3.8) is 0 Å². The summed E-state index contributed by atoms with van der Waals surface area (Å²) in [6.07, 6.45) is 0. The number of hydrogen-bond donors (Lipinski definition) is 1. The predicted molar refractivity (Wildman–Crippen MR) is 91.6 cm³/mol. The van der Waals surface area contributed by atoms with Gasteiger partial charge in [0, 0.05) is 0 Å². The van der Waals surface area contributed by atoms with Gasteiger partial charge in [0.05, 0.1) is 24.2 Å². The lowest BCUT2D eigenvalue weighted by Crippen LogP contribution is -2.42. The summed E-state index contributed by atoms with van der Waals surface area (Å²) in [6.45, 7) is 5.28. The monoisotopic (exact) mass is 310 g/mol. The Hall–Kier alpha value is -2.49. The summed E-state index contributed by atoms with van der Waals surface area (Å²) in [7, 11) is 0. The minimum atomic E-state index is -0.302. The molecule has 2 aromatic carbocycles. The van der Waals surface area contributed by atoms with Gasteiger partial charge in [0.2, 0.25) is 5.91 Å². The van der Waals surface area contributed by atoms with Crippen LogP contribution in [0.5, 0.6) is 5.75 Å². The first kappa shape index (κ1) is 15.4. The number of anilines is 1. The zero-order valence-electron chi connectivity index (χ0n) is 13.5. The molecule has 0 bridgehead atoms. The third kappa shape index (κ3) is 3.02. The summed E-state index contributed by atoms with van der Waals surface area (Å²) in [5.74, 6) is 0.267. The van der Waals surface area contributed by atoms with E-state index in [1.165, 1.54) is 0 Å². The molecular weight excluding hydrogens is 288 g/mol. The molecule has 4 nitrogen and oxygen atoms in total. The second kappa shape index (κ2) is 6.32. The van der Waals surface area contributed by atoms with Crippen LogP contribution in [0.15, 0.2) is 48.5 Å². The molecule has 3 rings (SSSR count). The molecule has 23 heavy (non-hydrogen) atoms. The minimum Gasteiger partial charge on any atom is -0.490 e. The lowest BCUT2D eigenvalue weighted by molar-refractivity contribution is -0.122. The lowest BCUT2D eigenvalue weighted by atomic mass is 9.91. The first-order valence-corrected chi connectivity index (χ1v) is 7.92. The molecule has 2 aromatic rings. The van der Waals surface area contributed by atoms with Gasteiger partial charge in [-0.2, -0.15) is 0 Å². The lowest BCUT2D eigenvalue weighted by Gasteiger charge is -2.40. The molecule has 0 fully saturated rings. The number of benzene rings is 2. The number of fused-ring (bicyclic) bond motifs is 1. The average Bonchev–Trinajstić information content (AvgIpc) is 2.56. The first-order chi connectivity index (χ1) is 11.1. The highest BCUT2D eigenvalue weighted by Crippen LogP contribution is 2.40. The molecule has 4 heteroatoms. The number of aryl methyl sites for hydroxylation is 1.